The fourth-order valence-corrected chi connectivity index (χ4v) is 4.23. The molecule has 0 atom stereocenters. The molecular weight excluding hydrogens is 365 g/mol. The van der Waals surface area contributed by atoms with Crippen LogP contribution in [0.3, 0.4) is 0 Å². The first-order valence-electron chi connectivity index (χ1n) is 10.3. The van der Waals surface area contributed by atoms with Gasteiger partial charge in [-0.15, -0.1) is 0 Å². The van der Waals surface area contributed by atoms with E-state index in [0.717, 1.165) is 65.3 Å². The number of carbonyl (C=O) groups excluding carboxylic acids is 1. The lowest BCUT2D eigenvalue weighted by Crippen LogP contribution is -2.34. The molecule has 0 unspecified atom stereocenters. The van der Waals surface area contributed by atoms with Crippen molar-refractivity contribution in [3.05, 3.63) is 54.1 Å². The van der Waals surface area contributed by atoms with E-state index in [1.54, 1.807) is 19.3 Å². The van der Waals surface area contributed by atoms with Crippen LogP contribution >= 0.6 is 0 Å². The van der Waals surface area contributed by atoms with Crippen molar-refractivity contribution in [3.63, 3.8) is 0 Å². The zero-order valence-electron chi connectivity index (χ0n) is 17.0. The molecule has 2 heterocycles. The van der Waals surface area contributed by atoms with Crippen molar-refractivity contribution in [3.8, 4) is 11.1 Å². The van der Waals surface area contributed by atoms with Gasteiger partial charge in [0.2, 0.25) is 0 Å². The van der Waals surface area contributed by atoms with Crippen LogP contribution in [0.25, 0.3) is 22.0 Å². The standard InChI is InChI=1S/C24H26FN3O/c1-3-17-8-10-28(11-9-17)24-22-14-20(25)13-21(23(22)26-15-27-24)19-6-4-18(5-7-19)12-16(2)29/h4-7,13-15,17H,3,8-12H2,1-2H3. The molecule has 0 amide bonds. The largest absolute Gasteiger partial charge is 0.356 e. The molecule has 1 fully saturated rings. The monoisotopic (exact) mass is 391 g/mol. The normalized spacial score (nSPS) is 15.1. The Bertz CT molecular complexity index is 1020. The number of hydrogen-bond donors (Lipinski definition) is 0. The number of ketones is 1. The summed E-state index contributed by atoms with van der Waals surface area (Å²) in [6.07, 6.45) is 5.47. The van der Waals surface area contributed by atoms with E-state index in [-0.39, 0.29) is 11.6 Å². The quantitative estimate of drug-likeness (QED) is 0.600. The van der Waals surface area contributed by atoms with Gasteiger partial charge in [0.15, 0.2) is 0 Å². The number of anilines is 1. The first-order valence-corrected chi connectivity index (χ1v) is 10.3. The Labute approximate surface area is 170 Å². The molecule has 0 spiro atoms. The van der Waals surface area contributed by atoms with E-state index >= 15 is 0 Å². The highest BCUT2D eigenvalue weighted by molar-refractivity contribution is 5.99. The second kappa shape index (κ2) is 8.27. The maximum Gasteiger partial charge on any atom is 0.140 e. The van der Waals surface area contributed by atoms with E-state index in [4.69, 9.17) is 0 Å². The highest BCUT2D eigenvalue weighted by Crippen LogP contribution is 2.34. The number of halogens is 1. The Morgan fingerprint density at radius 2 is 1.86 bits per heavy atom. The summed E-state index contributed by atoms with van der Waals surface area (Å²) >= 11 is 0. The maximum absolute atomic E-state index is 14.6. The fraction of sp³-hybridized carbons (Fsp3) is 0.375. The lowest BCUT2D eigenvalue weighted by Gasteiger charge is -2.33. The highest BCUT2D eigenvalue weighted by Gasteiger charge is 2.22. The molecule has 0 saturated carbocycles. The number of carbonyl (C=O) groups is 1. The molecule has 0 bridgehead atoms. The summed E-state index contributed by atoms with van der Waals surface area (Å²) in [6.45, 7) is 5.70. The van der Waals surface area contributed by atoms with Crippen LogP contribution in [0, 0.1) is 11.7 Å². The highest BCUT2D eigenvalue weighted by atomic mass is 19.1. The topological polar surface area (TPSA) is 46.1 Å². The summed E-state index contributed by atoms with van der Waals surface area (Å²) in [6, 6.07) is 10.8. The lowest BCUT2D eigenvalue weighted by atomic mass is 9.94. The maximum atomic E-state index is 14.6. The van der Waals surface area contributed by atoms with Crippen LogP contribution in [0.5, 0.6) is 0 Å². The molecule has 2 aromatic carbocycles. The molecule has 1 saturated heterocycles. The van der Waals surface area contributed by atoms with Crippen LogP contribution in [0.4, 0.5) is 10.2 Å². The average molecular weight is 391 g/mol. The Balaban J connectivity index is 1.74. The number of piperidine rings is 1. The Hall–Kier alpha value is -2.82. The SMILES string of the molecule is CCC1CCN(c2ncnc3c(-c4ccc(CC(C)=O)cc4)cc(F)cc23)CC1. The van der Waals surface area contributed by atoms with Crippen LogP contribution in [-0.4, -0.2) is 28.8 Å². The Kier molecular flexibility index (Phi) is 5.56. The molecule has 0 aliphatic carbocycles. The zero-order valence-corrected chi connectivity index (χ0v) is 17.0. The Morgan fingerprint density at radius 3 is 2.52 bits per heavy atom. The van der Waals surface area contributed by atoms with Crippen molar-refractivity contribution >= 4 is 22.5 Å². The first-order chi connectivity index (χ1) is 14.0. The number of fused-ring (bicyclic) bond motifs is 1. The van der Waals surface area contributed by atoms with Gasteiger partial charge in [0.1, 0.15) is 23.7 Å². The van der Waals surface area contributed by atoms with Gasteiger partial charge in [-0.3, -0.25) is 4.79 Å². The first kappa shape index (κ1) is 19.5. The van der Waals surface area contributed by atoms with E-state index in [0.29, 0.717) is 6.42 Å². The number of nitrogens with zero attached hydrogens (tertiary/aromatic N) is 3. The van der Waals surface area contributed by atoms with Crippen molar-refractivity contribution in [2.45, 2.75) is 39.5 Å². The van der Waals surface area contributed by atoms with E-state index in [9.17, 15) is 9.18 Å². The molecule has 5 heteroatoms. The molecule has 4 rings (SSSR count). The average Bonchev–Trinajstić information content (AvgIpc) is 2.73. The van der Waals surface area contributed by atoms with Gasteiger partial charge in [0.25, 0.3) is 0 Å². The summed E-state index contributed by atoms with van der Waals surface area (Å²) in [5.74, 6) is 1.41. The number of rotatable bonds is 5. The van der Waals surface area contributed by atoms with Gasteiger partial charge in [-0.25, -0.2) is 14.4 Å². The van der Waals surface area contributed by atoms with Crippen LogP contribution in [-0.2, 0) is 11.2 Å². The van der Waals surface area contributed by atoms with E-state index in [2.05, 4.69) is 21.8 Å². The summed E-state index contributed by atoms with van der Waals surface area (Å²) in [7, 11) is 0. The Morgan fingerprint density at radius 1 is 1.14 bits per heavy atom. The predicted octanol–water partition coefficient (Wildman–Crippen LogP) is 5.19. The third-order valence-corrected chi connectivity index (χ3v) is 5.89. The van der Waals surface area contributed by atoms with Crippen molar-refractivity contribution in [2.75, 3.05) is 18.0 Å². The number of hydrogen-bond acceptors (Lipinski definition) is 4. The van der Waals surface area contributed by atoms with Crippen molar-refractivity contribution < 1.29 is 9.18 Å². The van der Waals surface area contributed by atoms with Crippen LogP contribution < -0.4 is 4.90 Å². The fourth-order valence-electron chi connectivity index (χ4n) is 4.23. The van der Waals surface area contributed by atoms with Crippen LogP contribution in [0.1, 0.15) is 38.7 Å². The number of aromatic nitrogens is 2. The minimum atomic E-state index is -0.292. The lowest BCUT2D eigenvalue weighted by molar-refractivity contribution is -0.116. The van der Waals surface area contributed by atoms with Gasteiger partial charge >= 0.3 is 0 Å². The summed E-state index contributed by atoms with van der Waals surface area (Å²) in [5.41, 5.74) is 3.35. The zero-order chi connectivity index (χ0) is 20.4. The van der Waals surface area contributed by atoms with Gasteiger partial charge in [-0.05, 0) is 48.9 Å². The molecule has 3 aromatic rings. The molecule has 0 radical (unpaired) electrons. The van der Waals surface area contributed by atoms with E-state index in [1.165, 1.54) is 12.5 Å². The number of Topliss-reactive ketones (excluding diaryl/α,β-unsaturated/α-hetero) is 1. The summed E-state index contributed by atoms with van der Waals surface area (Å²) in [5, 5.41) is 0.755. The van der Waals surface area contributed by atoms with Gasteiger partial charge in [-0.2, -0.15) is 0 Å². The van der Waals surface area contributed by atoms with Gasteiger partial charge in [-0.1, -0.05) is 37.6 Å². The molecule has 1 aliphatic heterocycles. The van der Waals surface area contributed by atoms with Crippen molar-refractivity contribution in [1.82, 2.24) is 9.97 Å². The second-order valence-electron chi connectivity index (χ2n) is 7.96. The third-order valence-electron chi connectivity index (χ3n) is 5.89. The smallest absolute Gasteiger partial charge is 0.140 e. The summed E-state index contributed by atoms with van der Waals surface area (Å²) < 4.78 is 14.6. The molecule has 4 nitrogen and oxygen atoms in total. The molecule has 29 heavy (non-hydrogen) atoms. The molecule has 1 aromatic heterocycles. The van der Waals surface area contributed by atoms with Gasteiger partial charge in [0.05, 0.1) is 5.52 Å². The minimum absolute atomic E-state index is 0.123. The van der Waals surface area contributed by atoms with E-state index in [1.807, 2.05) is 24.3 Å². The van der Waals surface area contributed by atoms with Crippen molar-refractivity contribution in [2.24, 2.45) is 5.92 Å². The van der Waals surface area contributed by atoms with Crippen LogP contribution in [0.15, 0.2) is 42.7 Å². The third kappa shape index (κ3) is 4.14. The van der Waals surface area contributed by atoms with Gasteiger partial charge in [0, 0.05) is 30.5 Å². The number of benzene rings is 2. The second-order valence-corrected chi connectivity index (χ2v) is 7.96. The van der Waals surface area contributed by atoms with Crippen molar-refractivity contribution in [1.29, 1.82) is 0 Å². The van der Waals surface area contributed by atoms with Gasteiger partial charge < -0.3 is 4.90 Å². The molecule has 150 valence electrons. The van der Waals surface area contributed by atoms with Crippen LogP contribution in [0.2, 0.25) is 0 Å². The minimum Gasteiger partial charge on any atom is -0.356 e. The molecule has 1 aliphatic rings. The summed E-state index contributed by atoms with van der Waals surface area (Å²) in [4.78, 5) is 22.6. The predicted molar refractivity (Wildman–Crippen MR) is 115 cm³/mol. The van der Waals surface area contributed by atoms with E-state index < -0.39 is 0 Å². The molecule has 0 N–H and O–H groups in total. The molecular formula is C24H26FN3O.